The summed E-state index contributed by atoms with van der Waals surface area (Å²) in [4.78, 5) is 12.0. The third kappa shape index (κ3) is 4.33. The molecule has 2 aliphatic heterocycles. The Morgan fingerprint density at radius 3 is 2.54 bits per heavy atom. The Morgan fingerprint density at radius 1 is 1.00 bits per heavy atom. The van der Waals surface area contributed by atoms with Gasteiger partial charge in [-0.25, -0.2) is 4.98 Å². The van der Waals surface area contributed by atoms with E-state index >= 15 is 0 Å². The molecule has 5 heteroatoms. The van der Waals surface area contributed by atoms with E-state index in [1.165, 1.54) is 25.7 Å². The van der Waals surface area contributed by atoms with Gasteiger partial charge >= 0.3 is 0 Å². The maximum atomic E-state index is 5.72. The number of anilines is 2. The predicted molar refractivity (Wildman–Crippen MR) is 106 cm³/mol. The molecule has 26 heavy (non-hydrogen) atoms. The van der Waals surface area contributed by atoms with E-state index in [-0.39, 0.29) is 6.10 Å². The van der Waals surface area contributed by atoms with E-state index in [4.69, 9.17) is 14.7 Å². The maximum absolute atomic E-state index is 5.72. The van der Waals surface area contributed by atoms with E-state index < -0.39 is 0 Å². The van der Waals surface area contributed by atoms with Crippen molar-refractivity contribution in [2.75, 3.05) is 36.5 Å². The summed E-state index contributed by atoms with van der Waals surface area (Å²) >= 11 is 0. The lowest BCUT2D eigenvalue weighted by molar-refractivity contribution is 0.120. The molecule has 1 aromatic heterocycles. The second-order valence-corrected chi connectivity index (χ2v) is 7.22. The summed E-state index contributed by atoms with van der Waals surface area (Å²) in [7, 11) is 0. The zero-order valence-corrected chi connectivity index (χ0v) is 15.4. The Balaban J connectivity index is 1.60. The van der Waals surface area contributed by atoms with E-state index in [9.17, 15) is 0 Å². The number of nitrogens with one attached hydrogen (secondary N) is 1. The van der Waals surface area contributed by atoms with E-state index in [2.05, 4.69) is 40.5 Å². The number of nitrogens with zero attached hydrogens (tertiary/aromatic N) is 3. The lowest BCUT2D eigenvalue weighted by atomic mass is 10.1. The van der Waals surface area contributed by atoms with Gasteiger partial charge in [-0.1, -0.05) is 43.2 Å². The molecule has 0 bridgehead atoms. The van der Waals surface area contributed by atoms with Crippen LogP contribution in [-0.4, -0.2) is 42.3 Å². The zero-order chi connectivity index (χ0) is 17.6. The Kier molecular flexibility index (Phi) is 5.65. The topological polar surface area (TPSA) is 50.3 Å². The van der Waals surface area contributed by atoms with Crippen molar-refractivity contribution in [1.82, 2.24) is 9.97 Å². The maximum Gasteiger partial charge on any atom is 0.225 e. The van der Waals surface area contributed by atoms with Crippen LogP contribution in [0.3, 0.4) is 0 Å². The van der Waals surface area contributed by atoms with Gasteiger partial charge < -0.3 is 15.0 Å². The fraction of sp³-hybridized carbons (Fsp3) is 0.524. The zero-order valence-electron chi connectivity index (χ0n) is 15.4. The highest BCUT2D eigenvalue weighted by Crippen LogP contribution is 2.25. The summed E-state index contributed by atoms with van der Waals surface area (Å²) in [5.41, 5.74) is 2.11. The normalized spacial score (nSPS) is 20.8. The first-order valence-electron chi connectivity index (χ1n) is 9.93. The summed E-state index contributed by atoms with van der Waals surface area (Å²) in [6.45, 7) is 3.81. The van der Waals surface area contributed by atoms with Gasteiger partial charge in [-0.2, -0.15) is 4.98 Å². The average molecular weight is 352 g/mol. The minimum atomic E-state index is 0.278. The molecule has 2 saturated heterocycles. The fourth-order valence-electron chi connectivity index (χ4n) is 3.74. The fourth-order valence-corrected chi connectivity index (χ4v) is 3.74. The SMILES string of the molecule is c1ccc(-c2cc(N3CCCCCC3)nc(NCC3CCCO3)n2)cc1. The molecule has 5 nitrogen and oxygen atoms in total. The van der Waals surface area contributed by atoms with E-state index in [1.807, 2.05) is 6.07 Å². The average Bonchev–Trinajstić information content (AvgIpc) is 3.07. The summed E-state index contributed by atoms with van der Waals surface area (Å²) in [6.07, 6.45) is 7.66. The Hall–Kier alpha value is -2.14. The van der Waals surface area contributed by atoms with Gasteiger partial charge in [0.2, 0.25) is 5.95 Å². The third-order valence-corrected chi connectivity index (χ3v) is 5.22. The molecule has 3 heterocycles. The van der Waals surface area contributed by atoms with Crippen molar-refractivity contribution in [2.45, 2.75) is 44.6 Å². The molecule has 2 aromatic rings. The van der Waals surface area contributed by atoms with Gasteiger partial charge in [-0.05, 0) is 25.7 Å². The van der Waals surface area contributed by atoms with Crippen LogP contribution < -0.4 is 10.2 Å². The summed E-state index contributed by atoms with van der Waals surface area (Å²) in [6, 6.07) is 12.5. The van der Waals surface area contributed by atoms with Crippen molar-refractivity contribution in [3.05, 3.63) is 36.4 Å². The van der Waals surface area contributed by atoms with Crippen LogP contribution in [-0.2, 0) is 4.74 Å². The lowest BCUT2D eigenvalue weighted by Gasteiger charge is -2.23. The molecule has 1 atom stereocenters. The molecule has 4 rings (SSSR count). The first-order chi connectivity index (χ1) is 12.9. The molecule has 0 radical (unpaired) electrons. The second-order valence-electron chi connectivity index (χ2n) is 7.22. The van der Waals surface area contributed by atoms with Gasteiger partial charge in [-0.3, -0.25) is 0 Å². The smallest absolute Gasteiger partial charge is 0.225 e. The molecule has 1 N–H and O–H groups in total. The highest BCUT2D eigenvalue weighted by atomic mass is 16.5. The number of aromatic nitrogens is 2. The minimum Gasteiger partial charge on any atom is -0.376 e. The number of hydrogen-bond acceptors (Lipinski definition) is 5. The summed E-state index contributed by atoms with van der Waals surface area (Å²) in [5.74, 6) is 1.75. The highest BCUT2D eigenvalue weighted by molar-refractivity contribution is 5.64. The molecular formula is C21H28N4O. The van der Waals surface area contributed by atoms with Crippen molar-refractivity contribution < 1.29 is 4.74 Å². The summed E-state index contributed by atoms with van der Waals surface area (Å²) in [5, 5.41) is 3.42. The van der Waals surface area contributed by atoms with Crippen LogP contribution in [0.5, 0.6) is 0 Å². The summed E-state index contributed by atoms with van der Waals surface area (Å²) < 4.78 is 5.72. The largest absolute Gasteiger partial charge is 0.376 e. The molecule has 0 saturated carbocycles. The standard InChI is InChI=1S/C21H28N4O/c1-2-7-13-25(12-6-1)20-15-19(17-9-4-3-5-10-17)23-21(24-20)22-16-18-11-8-14-26-18/h3-5,9-10,15,18H,1-2,6-8,11-14,16H2,(H,22,23,24). The predicted octanol–water partition coefficient (Wildman–Crippen LogP) is 4.11. The van der Waals surface area contributed by atoms with Crippen LogP contribution in [0.25, 0.3) is 11.3 Å². The monoisotopic (exact) mass is 352 g/mol. The van der Waals surface area contributed by atoms with Crippen molar-refractivity contribution in [2.24, 2.45) is 0 Å². The molecular weight excluding hydrogens is 324 g/mol. The molecule has 1 aromatic carbocycles. The van der Waals surface area contributed by atoms with E-state index in [1.54, 1.807) is 0 Å². The molecule has 138 valence electrons. The van der Waals surface area contributed by atoms with Crippen LogP contribution in [0.1, 0.15) is 38.5 Å². The molecule has 0 spiro atoms. The lowest BCUT2D eigenvalue weighted by Crippen LogP contribution is -2.26. The molecule has 1 unspecified atom stereocenters. The molecule has 2 aliphatic rings. The van der Waals surface area contributed by atoms with Crippen LogP contribution in [0.4, 0.5) is 11.8 Å². The Bertz CT molecular complexity index is 692. The number of benzene rings is 1. The van der Waals surface area contributed by atoms with Crippen molar-refractivity contribution in [3.63, 3.8) is 0 Å². The van der Waals surface area contributed by atoms with Crippen LogP contribution in [0.2, 0.25) is 0 Å². The van der Waals surface area contributed by atoms with Crippen molar-refractivity contribution in [3.8, 4) is 11.3 Å². The van der Waals surface area contributed by atoms with Crippen LogP contribution >= 0.6 is 0 Å². The van der Waals surface area contributed by atoms with E-state index in [0.29, 0.717) is 5.95 Å². The highest BCUT2D eigenvalue weighted by Gasteiger charge is 2.18. The molecule has 0 aliphatic carbocycles. The minimum absolute atomic E-state index is 0.278. The molecule has 0 amide bonds. The quantitative estimate of drug-likeness (QED) is 0.877. The molecule has 2 fully saturated rings. The second kappa shape index (κ2) is 8.49. The van der Waals surface area contributed by atoms with E-state index in [0.717, 1.165) is 56.2 Å². The van der Waals surface area contributed by atoms with Gasteiger partial charge in [0.15, 0.2) is 0 Å². The van der Waals surface area contributed by atoms with Crippen molar-refractivity contribution >= 4 is 11.8 Å². The van der Waals surface area contributed by atoms with Gasteiger partial charge in [-0.15, -0.1) is 0 Å². The van der Waals surface area contributed by atoms with Gasteiger partial charge in [0.25, 0.3) is 0 Å². The van der Waals surface area contributed by atoms with Gasteiger partial charge in [0.05, 0.1) is 11.8 Å². The number of rotatable bonds is 5. The Morgan fingerprint density at radius 2 is 1.81 bits per heavy atom. The number of ether oxygens (including phenoxy) is 1. The Labute approximate surface area is 155 Å². The van der Waals surface area contributed by atoms with Crippen LogP contribution in [0, 0.1) is 0 Å². The third-order valence-electron chi connectivity index (χ3n) is 5.22. The first kappa shape index (κ1) is 17.3. The number of hydrogen-bond donors (Lipinski definition) is 1. The van der Waals surface area contributed by atoms with Gasteiger partial charge in [0, 0.05) is 37.9 Å². The van der Waals surface area contributed by atoms with Gasteiger partial charge in [0.1, 0.15) is 5.82 Å². The van der Waals surface area contributed by atoms with Crippen molar-refractivity contribution in [1.29, 1.82) is 0 Å². The van der Waals surface area contributed by atoms with Crippen LogP contribution in [0.15, 0.2) is 36.4 Å². The first-order valence-corrected chi connectivity index (χ1v) is 9.93.